The van der Waals surface area contributed by atoms with Gasteiger partial charge in [-0.15, -0.1) is 0 Å². The zero-order valence-electron chi connectivity index (χ0n) is 12.0. The SMILES string of the molecule is Cc1c(NC(=O)COc2ccc(F)cc2Br)cccc1[N+](=O)[O-]. The summed E-state index contributed by atoms with van der Waals surface area (Å²) in [6.45, 7) is 1.23. The first-order valence-electron chi connectivity index (χ1n) is 6.50. The predicted molar refractivity (Wildman–Crippen MR) is 86.1 cm³/mol. The number of rotatable bonds is 5. The molecule has 23 heavy (non-hydrogen) atoms. The van der Waals surface area contributed by atoms with Crippen molar-refractivity contribution in [2.45, 2.75) is 6.92 Å². The Balaban J connectivity index is 2.03. The van der Waals surface area contributed by atoms with E-state index in [0.29, 0.717) is 21.5 Å². The van der Waals surface area contributed by atoms with Crippen molar-refractivity contribution in [3.05, 3.63) is 62.4 Å². The number of halogens is 2. The largest absolute Gasteiger partial charge is 0.483 e. The van der Waals surface area contributed by atoms with Gasteiger partial charge in [-0.05, 0) is 47.1 Å². The maximum Gasteiger partial charge on any atom is 0.274 e. The molecule has 1 N–H and O–H groups in total. The standard InChI is InChI=1S/C15H12BrFN2O4/c1-9-12(3-2-4-13(9)19(21)22)18-15(20)8-23-14-6-5-10(17)7-11(14)16/h2-7H,8H2,1H3,(H,18,20). The molecule has 120 valence electrons. The molecule has 0 aromatic heterocycles. The van der Waals surface area contributed by atoms with E-state index in [4.69, 9.17) is 4.74 Å². The molecule has 0 unspecified atom stereocenters. The molecule has 0 aliphatic rings. The van der Waals surface area contributed by atoms with Crippen molar-refractivity contribution < 1.29 is 18.8 Å². The van der Waals surface area contributed by atoms with Crippen molar-refractivity contribution in [2.75, 3.05) is 11.9 Å². The van der Waals surface area contributed by atoms with Crippen molar-refractivity contribution in [1.82, 2.24) is 0 Å². The highest BCUT2D eigenvalue weighted by Gasteiger charge is 2.15. The molecule has 0 fully saturated rings. The van der Waals surface area contributed by atoms with Crippen LogP contribution in [0.2, 0.25) is 0 Å². The van der Waals surface area contributed by atoms with Crippen molar-refractivity contribution in [1.29, 1.82) is 0 Å². The van der Waals surface area contributed by atoms with Gasteiger partial charge >= 0.3 is 0 Å². The Kier molecular flexibility index (Phi) is 5.28. The van der Waals surface area contributed by atoms with Crippen molar-refractivity contribution in [3.63, 3.8) is 0 Å². The number of nitrogens with one attached hydrogen (secondary N) is 1. The van der Waals surface area contributed by atoms with E-state index in [2.05, 4.69) is 21.2 Å². The number of nitro benzene ring substituents is 1. The first-order chi connectivity index (χ1) is 10.9. The molecule has 2 rings (SSSR count). The average molecular weight is 383 g/mol. The molecule has 0 bridgehead atoms. The Labute approximate surface area is 139 Å². The van der Waals surface area contributed by atoms with Gasteiger partial charge in [-0.1, -0.05) is 6.07 Å². The molecule has 0 atom stereocenters. The number of amides is 1. The maximum absolute atomic E-state index is 13.0. The molecular weight excluding hydrogens is 371 g/mol. The summed E-state index contributed by atoms with van der Waals surface area (Å²) in [5.74, 6) is -0.594. The van der Waals surface area contributed by atoms with Crippen LogP contribution < -0.4 is 10.1 Å². The third kappa shape index (κ3) is 4.26. The van der Waals surface area contributed by atoms with Gasteiger partial charge < -0.3 is 10.1 Å². The van der Waals surface area contributed by atoms with Crippen molar-refractivity contribution in [2.24, 2.45) is 0 Å². The van der Waals surface area contributed by atoms with Crippen LogP contribution in [0.5, 0.6) is 5.75 Å². The normalized spacial score (nSPS) is 10.2. The fourth-order valence-electron chi connectivity index (χ4n) is 1.88. The van der Waals surface area contributed by atoms with E-state index in [1.54, 1.807) is 13.0 Å². The third-order valence-electron chi connectivity index (χ3n) is 3.03. The molecule has 0 radical (unpaired) electrons. The highest BCUT2D eigenvalue weighted by atomic mass is 79.9. The number of carbonyl (C=O) groups is 1. The lowest BCUT2D eigenvalue weighted by Gasteiger charge is -2.10. The summed E-state index contributed by atoms with van der Waals surface area (Å²) in [5, 5.41) is 13.4. The number of carbonyl (C=O) groups excluding carboxylic acids is 1. The molecule has 0 spiro atoms. The van der Waals surface area contributed by atoms with Crippen LogP contribution in [0.3, 0.4) is 0 Å². The number of ether oxygens (including phenoxy) is 1. The molecule has 0 aliphatic heterocycles. The first kappa shape index (κ1) is 16.9. The van der Waals surface area contributed by atoms with E-state index >= 15 is 0 Å². The second-order valence-electron chi connectivity index (χ2n) is 4.62. The van der Waals surface area contributed by atoms with E-state index in [1.165, 1.54) is 30.3 Å². The molecule has 0 saturated heterocycles. The monoisotopic (exact) mass is 382 g/mol. The molecule has 2 aromatic rings. The molecule has 6 nitrogen and oxygen atoms in total. The second kappa shape index (κ2) is 7.19. The Morgan fingerprint density at radius 3 is 2.78 bits per heavy atom. The van der Waals surface area contributed by atoms with Crippen LogP contribution in [0.1, 0.15) is 5.56 Å². The average Bonchev–Trinajstić information content (AvgIpc) is 2.48. The number of hydrogen-bond donors (Lipinski definition) is 1. The summed E-state index contributed by atoms with van der Waals surface area (Å²) in [7, 11) is 0. The smallest absolute Gasteiger partial charge is 0.274 e. The Morgan fingerprint density at radius 1 is 1.39 bits per heavy atom. The van der Waals surface area contributed by atoms with Gasteiger partial charge in [0.1, 0.15) is 11.6 Å². The molecular formula is C15H12BrFN2O4. The van der Waals surface area contributed by atoms with Crippen molar-refractivity contribution >= 4 is 33.2 Å². The van der Waals surface area contributed by atoms with Gasteiger partial charge in [-0.3, -0.25) is 14.9 Å². The van der Waals surface area contributed by atoms with Gasteiger partial charge in [0.2, 0.25) is 0 Å². The van der Waals surface area contributed by atoms with Crippen LogP contribution in [0, 0.1) is 22.9 Å². The minimum atomic E-state index is -0.517. The highest BCUT2D eigenvalue weighted by molar-refractivity contribution is 9.10. The summed E-state index contributed by atoms with van der Waals surface area (Å²) in [5.41, 5.74) is 0.616. The van der Waals surface area contributed by atoms with Crippen LogP contribution >= 0.6 is 15.9 Å². The lowest BCUT2D eigenvalue weighted by atomic mass is 10.1. The van der Waals surface area contributed by atoms with Crippen LogP contribution in [-0.4, -0.2) is 17.4 Å². The molecule has 0 aliphatic carbocycles. The number of nitro groups is 1. The Hall–Kier alpha value is -2.48. The maximum atomic E-state index is 13.0. The number of nitrogens with zero attached hydrogens (tertiary/aromatic N) is 1. The van der Waals surface area contributed by atoms with Gasteiger partial charge in [0.15, 0.2) is 6.61 Å². The zero-order valence-corrected chi connectivity index (χ0v) is 13.6. The molecule has 8 heteroatoms. The summed E-state index contributed by atoms with van der Waals surface area (Å²) < 4.78 is 18.6. The van der Waals surface area contributed by atoms with E-state index in [1.807, 2.05) is 0 Å². The Morgan fingerprint density at radius 2 is 2.13 bits per heavy atom. The van der Waals surface area contributed by atoms with Gasteiger partial charge in [0.25, 0.3) is 11.6 Å². The first-order valence-corrected chi connectivity index (χ1v) is 7.29. The summed E-state index contributed by atoms with van der Waals surface area (Å²) in [4.78, 5) is 22.3. The molecule has 1 amide bonds. The van der Waals surface area contributed by atoms with Gasteiger partial charge in [0.05, 0.1) is 20.6 Å². The predicted octanol–water partition coefficient (Wildman–Crippen LogP) is 3.82. The van der Waals surface area contributed by atoms with Crippen LogP contribution in [-0.2, 0) is 4.79 Å². The molecule has 0 saturated carbocycles. The highest BCUT2D eigenvalue weighted by Crippen LogP contribution is 2.26. The molecule has 2 aromatic carbocycles. The van der Waals surface area contributed by atoms with E-state index in [9.17, 15) is 19.3 Å². The van der Waals surface area contributed by atoms with E-state index in [-0.39, 0.29) is 12.3 Å². The van der Waals surface area contributed by atoms with Gasteiger partial charge in [-0.25, -0.2) is 4.39 Å². The lowest BCUT2D eigenvalue weighted by molar-refractivity contribution is -0.385. The third-order valence-corrected chi connectivity index (χ3v) is 3.65. The van der Waals surface area contributed by atoms with Gasteiger partial charge in [0, 0.05) is 6.07 Å². The van der Waals surface area contributed by atoms with E-state index in [0.717, 1.165) is 0 Å². The molecule has 0 heterocycles. The fraction of sp³-hybridized carbons (Fsp3) is 0.133. The van der Waals surface area contributed by atoms with Crippen LogP contribution in [0.4, 0.5) is 15.8 Å². The topological polar surface area (TPSA) is 81.5 Å². The second-order valence-corrected chi connectivity index (χ2v) is 5.47. The van der Waals surface area contributed by atoms with Gasteiger partial charge in [-0.2, -0.15) is 0 Å². The summed E-state index contributed by atoms with van der Waals surface area (Å²) in [6.07, 6.45) is 0. The van der Waals surface area contributed by atoms with Crippen LogP contribution in [0.15, 0.2) is 40.9 Å². The van der Waals surface area contributed by atoms with Crippen LogP contribution in [0.25, 0.3) is 0 Å². The minimum Gasteiger partial charge on any atom is -0.483 e. The summed E-state index contributed by atoms with van der Waals surface area (Å²) in [6, 6.07) is 8.23. The lowest BCUT2D eigenvalue weighted by Crippen LogP contribution is -2.21. The Bertz CT molecular complexity index is 767. The number of hydrogen-bond acceptors (Lipinski definition) is 4. The minimum absolute atomic E-state index is 0.0787. The van der Waals surface area contributed by atoms with E-state index < -0.39 is 16.6 Å². The summed E-state index contributed by atoms with van der Waals surface area (Å²) >= 11 is 3.13. The fourth-order valence-corrected chi connectivity index (χ4v) is 2.34. The number of anilines is 1. The van der Waals surface area contributed by atoms with Crippen molar-refractivity contribution in [3.8, 4) is 5.75 Å². The zero-order chi connectivity index (χ0) is 17.0. The quantitative estimate of drug-likeness (QED) is 0.629. The number of benzene rings is 2.